The molecule has 0 radical (unpaired) electrons. The predicted molar refractivity (Wildman–Crippen MR) is 76.4 cm³/mol. The van der Waals surface area contributed by atoms with Crippen molar-refractivity contribution < 1.29 is 14.6 Å². The second-order valence-electron chi connectivity index (χ2n) is 4.88. The van der Waals surface area contributed by atoms with Crippen LogP contribution in [0.15, 0.2) is 42.5 Å². The van der Waals surface area contributed by atoms with Gasteiger partial charge in [0, 0.05) is 0 Å². The zero-order chi connectivity index (χ0) is 14.1. The maximum atomic E-state index is 11.0. The quantitative estimate of drug-likeness (QED) is 0.878. The summed E-state index contributed by atoms with van der Waals surface area (Å²) in [4.78, 5) is 11.0. The van der Waals surface area contributed by atoms with Crippen molar-refractivity contribution in [2.24, 2.45) is 0 Å². The molecule has 2 aromatic carbocycles. The normalized spacial score (nSPS) is 16.8. The van der Waals surface area contributed by atoms with E-state index in [4.69, 9.17) is 9.84 Å². The number of fused-ring (bicyclic) bond motifs is 1. The molecule has 1 atom stereocenters. The summed E-state index contributed by atoms with van der Waals surface area (Å²) in [6.45, 7) is 2.59. The van der Waals surface area contributed by atoms with E-state index in [1.807, 2.05) is 12.1 Å². The Kier molecular flexibility index (Phi) is 3.06. The molecule has 1 unspecified atom stereocenters. The molecular formula is C16H15NO3. The summed E-state index contributed by atoms with van der Waals surface area (Å²) in [5.74, 6) is -0.243. The van der Waals surface area contributed by atoms with E-state index >= 15 is 0 Å². The highest BCUT2D eigenvalue weighted by atomic mass is 16.5. The van der Waals surface area contributed by atoms with Crippen LogP contribution >= 0.6 is 0 Å². The minimum Gasteiger partial charge on any atom is -0.489 e. The second kappa shape index (κ2) is 4.89. The molecule has 4 heteroatoms. The molecule has 0 spiro atoms. The molecule has 0 bridgehead atoms. The lowest BCUT2D eigenvalue weighted by molar-refractivity contribution is 0.0697. The van der Waals surface area contributed by atoms with Crippen molar-refractivity contribution in [1.82, 2.24) is 0 Å². The molecule has 20 heavy (non-hydrogen) atoms. The van der Waals surface area contributed by atoms with Crippen LogP contribution in [-0.4, -0.2) is 17.7 Å². The van der Waals surface area contributed by atoms with Gasteiger partial charge >= 0.3 is 5.97 Å². The third-order valence-corrected chi connectivity index (χ3v) is 3.53. The third-order valence-electron chi connectivity index (χ3n) is 3.53. The Labute approximate surface area is 117 Å². The highest BCUT2D eigenvalue weighted by molar-refractivity contribution is 5.89. The number of carboxylic acid groups (broad SMARTS) is 1. The fourth-order valence-corrected chi connectivity index (χ4v) is 2.45. The second-order valence-corrected chi connectivity index (χ2v) is 4.88. The van der Waals surface area contributed by atoms with Gasteiger partial charge in [-0.2, -0.15) is 0 Å². The van der Waals surface area contributed by atoms with E-state index in [1.165, 1.54) is 11.1 Å². The number of hydrogen-bond acceptors (Lipinski definition) is 3. The first-order valence-corrected chi connectivity index (χ1v) is 6.47. The standard InChI is InChI=1S/C16H15NO3/c1-10-4-2-3-5-12(10)14-9-20-15-7-6-11(16(18)19)8-13(15)17-14/h2-8,14,17H,9H2,1H3,(H,18,19). The molecule has 4 nitrogen and oxygen atoms in total. The van der Waals surface area contributed by atoms with Crippen LogP contribution in [0.1, 0.15) is 27.5 Å². The molecule has 0 saturated heterocycles. The van der Waals surface area contributed by atoms with E-state index in [9.17, 15) is 4.79 Å². The summed E-state index contributed by atoms with van der Waals surface area (Å²) in [5.41, 5.74) is 3.33. The van der Waals surface area contributed by atoms with Crippen molar-refractivity contribution in [3.05, 3.63) is 59.2 Å². The molecule has 1 aliphatic heterocycles. The first kappa shape index (κ1) is 12.5. The van der Waals surface area contributed by atoms with Crippen LogP contribution in [-0.2, 0) is 0 Å². The lowest BCUT2D eigenvalue weighted by Gasteiger charge is -2.29. The fourth-order valence-electron chi connectivity index (χ4n) is 2.45. The minimum absolute atomic E-state index is 0.0349. The van der Waals surface area contributed by atoms with Crippen LogP contribution in [0, 0.1) is 6.92 Å². The Morgan fingerprint density at radius 3 is 2.85 bits per heavy atom. The van der Waals surface area contributed by atoms with E-state index in [0.29, 0.717) is 12.4 Å². The number of ether oxygens (including phenoxy) is 1. The first-order valence-electron chi connectivity index (χ1n) is 6.47. The lowest BCUT2D eigenvalue weighted by Crippen LogP contribution is -2.24. The number of aryl methyl sites for hydroxylation is 1. The van der Waals surface area contributed by atoms with Crippen LogP contribution in [0.5, 0.6) is 5.75 Å². The number of hydrogen-bond donors (Lipinski definition) is 2. The molecule has 0 amide bonds. The van der Waals surface area contributed by atoms with Crippen molar-refractivity contribution in [1.29, 1.82) is 0 Å². The maximum Gasteiger partial charge on any atom is 0.335 e. The minimum atomic E-state index is -0.937. The summed E-state index contributed by atoms with van der Waals surface area (Å²) >= 11 is 0. The van der Waals surface area contributed by atoms with Gasteiger partial charge in [-0.3, -0.25) is 0 Å². The van der Waals surface area contributed by atoms with Crippen molar-refractivity contribution in [3.8, 4) is 5.75 Å². The number of nitrogens with one attached hydrogen (secondary N) is 1. The Balaban J connectivity index is 1.93. The highest BCUT2D eigenvalue weighted by Gasteiger charge is 2.22. The topological polar surface area (TPSA) is 58.6 Å². The molecule has 2 aromatic rings. The van der Waals surface area contributed by atoms with Crippen molar-refractivity contribution in [2.45, 2.75) is 13.0 Å². The summed E-state index contributed by atoms with van der Waals surface area (Å²) in [7, 11) is 0. The first-order chi connectivity index (χ1) is 9.65. The molecule has 0 aromatic heterocycles. The number of benzene rings is 2. The number of rotatable bonds is 2. The Morgan fingerprint density at radius 1 is 1.30 bits per heavy atom. The van der Waals surface area contributed by atoms with Crippen LogP contribution in [0.4, 0.5) is 5.69 Å². The Morgan fingerprint density at radius 2 is 2.10 bits per heavy atom. The van der Waals surface area contributed by atoms with Crippen LogP contribution in [0.3, 0.4) is 0 Å². The smallest absolute Gasteiger partial charge is 0.335 e. The molecule has 1 aliphatic rings. The number of anilines is 1. The molecule has 0 saturated carbocycles. The molecule has 0 aliphatic carbocycles. The third kappa shape index (κ3) is 2.20. The SMILES string of the molecule is Cc1ccccc1C1COc2ccc(C(=O)O)cc2N1. The molecule has 3 rings (SSSR count). The van der Waals surface area contributed by atoms with Crippen molar-refractivity contribution in [2.75, 3.05) is 11.9 Å². The van der Waals surface area contributed by atoms with Gasteiger partial charge in [-0.25, -0.2) is 4.79 Å². The number of carboxylic acids is 1. The molecular weight excluding hydrogens is 254 g/mol. The summed E-state index contributed by atoms with van der Waals surface area (Å²) in [5, 5.41) is 12.4. The van der Waals surface area contributed by atoms with E-state index < -0.39 is 5.97 Å². The van der Waals surface area contributed by atoms with E-state index in [2.05, 4.69) is 24.4 Å². The van der Waals surface area contributed by atoms with Gasteiger partial charge in [0.2, 0.25) is 0 Å². The average Bonchev–Trinajstić information content (AvgIpc) is 2.46. The van der Waals surface area contributed by atoms with Crippen LogP contribution in [0.25, 0.3) is 0 Å². The summed E-state index contributed by atoms with van der Waals surface area (Å²) in [6, 6.07) is 13.0. The Bertz CT molecular complexity index is 667. The molecule has 102 valence electrons. The average molecular weight is 269 g/mol. The molecule has 0 fully saturated rings. The van der Waals surface area contributed by atoms with Crippen LogP contribution in [0.2, 0.25) is 0 Å². The maximum absolute atomic E-state index is 11.0. The van der Waals surface area contributed by atoms with Gasteiger partial charge in [0.1, 0.15) is 12.4 Å². The summed E-state index contributed by atoms with van der Waals surface area (Å²) < 4.78 is 5.72. The molecule has 1 heterocycles. The lowest BCUT2D eigenvalue weighted by atomic mass is 10.0. The van der Waals surface area contributed by atoms with E-state index in [1.54, 1.807) is 18.2 Å². The van der Waals surface area contributed by atoms with Gasteiger partial charge in [0.25, 0.3) is 0 Å². The number of carbonyl (C=O) groups is 1. The van der Waals surface area contributed by atoms with Crippen LogP contribution < -0.4 is 10.1 Å². The monoisotopic (exact) mass is 269 g/mol. The Hall–Kier alpha value is -2.49. The zero-order valence-electron chi connectivity index (χ0n) is 11.1. The largest absolute Gasteiger partial charge is 0.489 e. The van der Waals surface area contributed by atoms with Gasteiger partial charge in [0.05, 0.1) is 17.3 Å². The summed E-state index contributed by atoms with van der Waals surface area (Å²) in [6.07, 6.45) is 0. The zero-order valence-corrected chi connectivity index (χ0v) is 11.1. The van der Waals surface area contributed by atoms with E-state index in [-0.39, 0.29) is 11.6 Å². The van der Waals surface area contributed by atoms with Gasteiger partial charge in [-0.1, -0.05) is 24.3 Å². The van der Waals surface area contributed by atoms with Gasteiger partial charge in [0.15, 0.2) is 0 Å². The molecule has 2 N–H and O–H groups in total. The predicted octanol–water partition coefficient (Wildman–Crippen LogP) is 3.24. The van der Waals surface area contributed by atoms with Gasteiger partial charge in [-0.05, 0) is 36.2 Å². The van der Waals surface area contributed by atoms with Gasteiger partial charge < -0.3 is 15.2 Å². The van der Waals surface area contributed by atoms with Crippen molar-refractivity contribution in [3.63, 3.8) is 0 Å². The highest BCUT2D eigenvalue weighted by Crippen LogP contribution is 2.35. The van der Waals surface area contributed by atoms with Crippen molar-refractivity contribution >= 4 is 11.7 Å². The van der Waals surface area contributed by atoms with E-state index in [0.717, 1.165) is 5.69 Å². The number of aromatic carboxylic acids is 1. The fraction of sp³-hybridized carbons (Fsp3) is 0.188. The van der Waals surface area contributed by atoms with Gasteiger partial charge in [-0.15, -0.1) is 0 Å².